The van der Waals surface area contributed by atoms with Crippen molar-refractivity contribution in [2.75, 3.05) is 6.54 Å². The topological polar surface area (TPSA) is 50.9 Å². The van der Waals surface area contributed by atoms with Crippen molar-refractivity contribution in [3.05, 3.63) is 70.4 Å². The van der Waals surface area contributed by atoms with Gasteiger partial charge in [0.25, 0.3) is 5.92 Å². The molecule has 0 spiro atoms. The molecule has 2 atom stereocenters. The summed E-state index contributed by atoms with van der Waals surface area (Å²) in [6.07, 6.45) is -3.90. The van der Waals surface area contributed by atoms with Gasteiger partial charge in [0.2, 0.25) is 0 Å². The van der Waals surface area contributed by atoms with Crippen LogP contribution in [0.2, 0.25) is 0 Å². The van der Waals surface area contributed by atoms with Crippen molar-refractivity contribution in [2.24, 2.45) is 5.41 Å². The third-order valence-corrected chi connectivity index (χ3v) is 7.50. The number of hydrogen-bond acceptors (Lipinski definition) is 2. The molecule has 2 aromatic carbocycles. The molecule has 0 saturated carbocycles. The molecular formula is C26H29F7N2OS. The quantitative estimate of drug-likeness (QED) is 0.243. The maximum atomic E-state index is 15.5. The zero-order chi connectivity index (χ0) is 28.1. The van der Waals surface area contributed by atoms with Gasteiger partial charge in [-0.05, 0) is 61.6 Å². The second kappa shape index (κ2) is 9.81. The fourth-order valence-electron chi connectivity index (χ4n) is 4.28. The van der Waals surface area contributed by atoms with E-state index in [2.05, 4.69) is 9.71 Å². The van der Waals surface area contributed by atoms with Crippen LogP contribution in [-0.2, 0) is 23.5 Å². The Labute approximate surface area is 214 Å². The minimum atomic E-state index is -4.90. The average molecular weight is 551 g/mol. The molecule has 3 nitrogen and oxygen atoms in total. The third kappa shape index (κ3) is 6.26. The molecule has 37 heavy (non-hydrogen) atoms. The molecule has 11 heteroatoms. The lowest BCUT2D eigenvalue weighted by atomic mass is 9.71. The van der Waals surface area contributed by atoms with Crippen LogP contribution in [0.5, 0.6) is 0 Å². The van der Waals surface area contributed by atoms with Crippen LogP contribution >= 0.6 is 0 Å². The first kappa shape index (κ1) is 29.3. The first-order valence-electron chi connectivity index (χ1n) is 11.4. The average Bonchev–Trinajstić information content (AvgIpc) is 3.14. The van der Waals surface area contributed by atoms with Gasteiger partial charge in [0.15, 0.2) is 0 Å². The van der Waals surface area contributed by atoms with E-state index in [-0.39, 0.29) is 22.0 Å². The molecule has 0 bridgehead atoms. The van der Waals surface area contributed by atoms with Crippen molar-refractivity contribution in [2.45, 2.75) is 64.3 Å². The second-order valence-corrected chi connectivity index (χ2v) is 13.1. The van der Waals surface area contributed by atoms with Gasteiger partial charge in [-0.3, -0.25) is 0 Å². The van der Waals surface area contributed by atoms with E-state index in [1.54, 1.807) is 41.5 Å². The number of aromatic amines is 1. The van der Waals surface area contributed by atoms with Crippen molar-refractivity contribution >= 4 is 22.3 Å². The number of benzene rings is 2. The van der Waals surface area contributed by atoms with Gasteiger partial charge in [-0.15, -0.1) is 4.72 Å². The molecular weight excluding hydrogens is 521 g/mol. The Morgan fingerprint density at radius 3 is 2.05 bits per heavy atom. The molecule has 2 N–H and O–H groups in total. The Morgan fingerprint density at radius 1 is 0.892 bits per heavy atom. The summed E-state index contributed by atoms with van der Waals surface area (Å²) < 4.78 is 114. The van der Waals surface area contributed by atoms with Gasteiger partial charge in [-0.25, -0.2) is 8.78 Å². The molecule has 204 valence electrons. The lowest BCUT2D eigenvalue weighted by Crippen LogP contribution is -2.43. The highest BCUT2D eigenvalue weighted by molar-refractivity contribution is 7.90. The molecule has 0 fully saturated rings. The fourth-order valence-corrected chi connectivity index (χ4v) is 5.02. The summed E-state index contributed by atoms with van der Waals surface area (Å²) in [6.45, 7) is 8.72. The molecule has 1 unspecified atom stereocenters. The molecule has 3 aromatic rings. The summed E-state index contributed by atoms with van der Waals surface area (Å²) in [5.74, 6) is -6.78. The van der Waals surface area contributed by atoms with Gasteiger partial charge in [-0.2, -0.15) is 22.0 Å². The number of rotatable bonds is 6. The fraction of sp³-hybridized carbons (Fsp3) is 0.462. The molecule has 0 amide bonds. The van der Waals surface area contributed by atoms with Crippen LogP contribution in [0.4, 0.5) is 30.7 Å². The zero-order valence-corrected chi connectivity index (χ0v) is 22.0. The number of hydrogen-bond donors (Lipinski definition) is 2. The van der Waals surface area contributed by atoms with E-state index in [0.717, 1.165) is 24.4 Å². The summed E-state index contributed by atoms with van der Waals surface area (Å²) in [6, 6.07) is 4.30. The van der Waals surface area contributed by atoms with Gasteiger partial charge >= 0.3 is 6.18 Å². The Morgan fingerprint density at radius 2 is 1.51 bits per heavy atom. The number of nitrogens with one attached hydrogen (secondary N) is 2. The molecule has 0 aliphatic carbocycles. The first-order chi connectivity index (χ1) is 16.7. The van der Waals surface area contributed by atoms with Crippen LogP contribution in [0.3, 0.4) is 0 Å². The number of fused-ring (bicyclic) bond motifs is 1. The third-order valence-electron chi connectivity index (χ3n) is 5.98. The molecule has 0 radical (unpaired) electrons. The minimum absolute atomic E-state index is 0.0907. The van der Waals surface area contributed by atoms with Crippen molar-refractivity contribution in [3.8, 4) is 0 Å². The minimum Gasteiger partial charge on any atom is -0.598 e. The number of halogens is 7. The van der Waals surface area contributed by atoms with E-state index in [1.165, 1.54) is 6.07 Å². The Hall–Kier alpha value is -2.24. The van der Waals surface area contributed by atoms with Crippen molar-refractivity contribution in [1.82, 2.24) is 9.71 Å². The van der Waals surface area contributed by atoms with E-state index in [4.69, 9.17) is 0 Å². The largest absolute Gasteiger partial charge is 0.598 e. The van der Waals surface area contributed by atoms with E-state index in [1.807, 2.05) is 0 Å². The van der Waals surface area contributed by atoms with Crippen molar-refractivity contribution < 1.29 is 35.3 Å². The molecule has 1 heterocycles. The number of alkyl halides is 5. The smallest absolute Gasteiger partial charge is 0.416 e. The van der Waals surface area contributed by atoms with Gasteiger partial charge in [-0.1, -0.05) is 26.8 Å². The summed E-state index contributed by atoms with van der Waals surface area (Å²) in [4.78, 5) is 2.66. The standard InChI is InChI=1S/C26H29F7N2OS/c1-23(2,3)22(15-8-7-14(27)9-18(15)26(31,32)33)17-11-21-16(10-20(17)28)19(12-34-21)25(29,30)13-35-37(36)24(4,5)6/h7-12,22,34-35H,13H2,1-6H3/t22-,37?/m0/s1. The molecule has 0 aliphatic heterocycles. The van der Waals surface area contributed by atoms with Gasteiger partial charge in [0.05, 0.1) is 5.56 Å². The van der Waals surface area contributed by atoms with Crippen molar-refractivity contribution in [1.29, 1.82) is 0 Å². The predicted molar refractivity (Wildman–Crippen MR) is 131 cm³/mol. The first-order valence-corrected chi connectivity index (χ1v) is 12.6. The summed E-state index contributed by atoms with van der Waals surface area (Å²) in [7, 11) is 0. The van der Waals surface area contributed by atoms with E-state index in [0.29, 0.717) is 6.07 Å². The maximum Gasteiger partial charge on any atom is 0.416 e. The van der Waals surface area contributed by atoms with Gasteiger partial charge < -0.3 is 9.54 Å². The van der Waals surface area contributed by atoms with Gasteiger partial charge in [0.1, 0.15) is 22.9 Å². The van der Waals surface area contributed by atoms with Crippen LogP contribution in [0, 0.1) is 17.0 Å². The highest BCUT2D eigenvalue weighted by Gasteiger charge is 2.41. The summed E-state index contributed by atoms with van der Waals surface area (Å²) in [5.41, 5.74) is -3.13. The SMILES string of the molecule is CC(C)(C)[C@H](c1cc2[nH]cc(C(F)(F)CN[S+]([O-])C(C)(C)C)c2cc1F)c1ccc(F)cc1C(F)(F)F. The monoisotopic (exact) mass is 550 g/mol. The van der Waals surface area contributed by atoms with Crippen LogP contribution in [-0.4, -0.2) is 20.8 Å². The van der Waals surface area contributed by atoms with Crippen LogP contribution < -0.4 is 4.72 Å². The number of aromatic nitrogens is 1. The highest BCUT2D eigenvalue weighted by Crippen LogP contribution is 2.47. The molecule has 0 aliphatic rings. The van der Waals surface area contributed by atoms with Gasteiger partial charge in [0, 0.05) is 39.9 Å². The lowest BCUT2D eigenvalue weighted by Gasteiger charge is -2.34. The molecule has 1 aromatic heterocycles. The maximum absolute atomic E-state index is 15.5. The number of H-pyrrole nitrogens is 1. The summed E-state index contributed by atoms with van der Waals surface area (Å²) in [5, 5.41) is -0.155. The van der Waals surface area contributed by atoms with E-state index < -0.39 is 68.8 Å². The van der Waals surface area contributed by atoms with E-state index >= 15 is 13.2 Å². The molecule has 0 saturated heterocycles. The van der Waals surface area contributed by atoms with Crippen LogP contribution in [0.25, 0.3) is 10.9 Å². The molecule has 3 rings (SSSR count). The normalized spacial score (nSPS) is 15.3. The van der Waals surface area contributed by atoms with Crippen molar-refractivity contribution in [3.63, 3.8) is 0 Å². The van der Waals surface area contributed by atoms with Crippen LogP contribution in [0.1, 0.15) is 69.7 Å². The lowest BCUT2D eigenvalue weighted by molar-refractivity contribution is -0.138. The Kier molecular flexibility index (Phi) is 7.78. The highest BCUT2D eigenvalue weighted by atomic mass is 32.2. The summed E-state index contributed by atoms with van der Waals surface area (Å²) >= 11 is -1.77. The Bertz CT molecular complexity index is 1270. The second-order valence-electron chi connectivity index (χ2n) is 11.1. The van der Waals surface area contributed by atoms with Crippen LogP contribution in [0.15, 0.2) is 36.5 Å². The van der Waals surface area contributed by atoms with E-state index in [9.17, 15) is 22.1 Å². The zero-order valence-electron chi connectivity index (χ0n) is 21.2. The predicted octanol–water partition coefficient (Wildman–Crippen LogP) is 7.79. The Balaban J connectivity index is 2.12.